The minimum Gasteiger partial charge on any atom is -0.314 e. The molecule has 3 fully saturated rings. The molecule has 3 heteroatoms. The maximum atomic E-state index is 3.73. The van der Waals surface area contributed by atoms with E-state index < -0.39 is 0 Å². The molecule has 0 bridgehead atoms. The standard InChI is InChI=1S/C14H27N3/c1-11-3-14(4-11)15-5-12-8-17(9-12)10-13-6-16(2)7-13/h11-15H,3-10H2,1-2H3. The van der Waals surface area contributed by atoms with Gasteiger partial charge in [-0.1, -0.05) is 6.92 Å². The molecule has 0 aromatic rings. The molecule has 0 unspecified atom stereocenters. The number of rotatable bonds is 5. The van der Waals surface area contributed by atoms with E-state index >= 15 is 0 Å². The van der Waals surface area contributed by atoms with Gasteiger partial charge in [-0.25, -0.2) is 0 Å². The lowest BCUT2D eigenvalue weighted by Crippen LogP contribution is -2.57. The summed E-state index contributed by atoms with van der Waals surface area (Å²) in [5.74, 6) is 2.87. The minimum absolute atomic E-state index is 0.847. The Balaban J connectivity index is 1.22. The Bertz CT molecular complexity index is 250. The molecule has 3 rings (SSSR count). The van der Waals surface area contributed by atoms with Crippen molar-refractivity contribution in [3.05, 3.63) is 0 Å². The minimum atomic E-state index is 0.847. The Morgan fingerprint density at radius 3 is 2.35 bits per heavy atom. The Morgan fingerprint density at radius 2 is 1.76 bits per heavy atom. The molecule has 0 aromatic carbocycles. The highest BCUT2D eigenvalue weighted by Gasteiger charge is 2.33. The first-order valence-electron chi connectivity index (χ1n) is 7.33. The van der Waals surface area contributed by atoms with Crippen molar-refractivity contribution >= 4 is 0 Å². The van der Waals surface area contributed by atoms with Crippen molar-refractivity contribution in [2.45, 2.75) is 25.8 Å². The van der Waals surface area contributed by atoms with E-state index in [0.29, 0.717) is 0 Å². The predicted molar refractivity (Wildman–Crippen MR) is 71.1 cm³/mol. The van der Waals surface area contributed by atoms with E-state index in [9.17, 15) is 0 Å². The van der Waals surface area contributed by atoms with Crippen LogP contribution in [0.4, 0.5) is 0 Å². The Kier molecular flexibility index (Phi) is 3.42. The second kappa shape index (κ2) is 4.87. The SMILES string of the molecule is CC1CC(NCC2CN(CC3CN(C)C3)C2)C1. The third-order valence-corrected chi connectivity index (χ3v) is 4.76. The molecule has 17 heavy (non-hydrogen) atoms. The first-order valence-corrected chi connectivity index (χ1v) is 7.33. The summed E-state index contributed by atoms with van der Waals surface area (Å²) in [5.41, 5.74) is 0. The lowest BCUT2D eigenvalue weighted by Gasteiger charge is -2.46. The lowest BCUT2D eigenvalue weighted by molar-refractivity contribution is 0.0304. The van der Waals surface area contributed by atoms with Crippen LogP contribution in [0.25, 0.3) is 0 Å². The molecule has 0 atom stereocenters. The molecule has 0 aromatic heterocycles. The summed E-state index contributed by atoms with van der Waals surface area (Å²) in [4.78, 5) is 5.06. The van der Waals surface area contributed by atoms with E-state index in [1.54, 1.807) is 0 Å². The molecule has 2 aliphatic heterocycles. The zero-order valence-corrected chi connectivity index (χ0v) is 11.4. The van der Waals surface area contributed by atoms with Crippen molar-refractivity contribution in [3.63, 3.8) is 0 Å². The molecule has 0 amide bonds. The first-order chi connectivity index (χ1) is 8.19. The van der Waals surface area contributed by atoms with Crippen LogP contribution in [-0.2, 0) is 0 Å². The zero-order valence-electron chi connectivity index (χ0n) is 11.4. The topological polar surface area (TPSA) is 18.5 Å². The summed E-state index contributed by atoms with van der Waals surface area (Å²) in [6.45, 7) is 10.3. The van der Waals surface area contributed by atoms with E-state index in [1.807, 2.05) is 0 Å². The summed E-state index contributed by atoms with van der Waals surface area (Å²) in [6.07, 6.45) is 2.82. The van der Waals surface area contributed by atoms with Gasteiger partial charge in [-0.15, -0.1) is 0 Å². The fraction of sp³-hybridized carbons (Fsp3) is 1.00. The zero-order chi connectivity index (χ0) is 11.8. The second-order valence-electron chi connectivity index (χ2n) is 6.85. The molecular formula is C14H27N3. The fourth-order valence-electron chi connectivity index (χ4n) is 3.67. The van der Waals surface area contributed by atoms with Gasteiger partial charge in [0.1, 0.15) is 0 Å². The van der Waals surface area contributed by atoms with E-state index in [0.717, 1.165) is 23.8 Å². The van der Waals surface area contributed by atoms with Crippen LogP contribution in [0, 0.1) is 17.8 Å². The molecule has 3 aliphatic rings. The molecule has 1 N–H and O–H groups in total. The third-order valence-electron chi connectivity index (χ3n) is 4.76. The Labute approximate surface area is 106 Å². The third kappa shape index (κ3) is 2.83. The molecular weight excluding hydrogens is 210 g/mol. The molecule has 2 heterocycles. The van der Waals surface area contributed by atoms with Gasteiger partial charge in [0.05, 0.1) is 0 Å². The van der Waals surface area contributed by atoms with Crippen molar-refractivity contribution in [3.8, 4) is 0 Å². The van der Waals surface area contributed by atoms with Crippen LogP contribution in [0.2, 0.25) is 0 Å². The van der Waals surface area contributed by atoms with Gasteiger partial charge in [0.2, 0.25) is 0 Å². The average Bonchev–Trinajstić information content (AvgIpc) is 2.14. The van der Waals surface area contributed by atoms with Crippen LogP contribution in [0.15, 0.2) is 0 Å². The number of hydrogen-bond acceptors (Lipinski definition) is 3. The van der Waals surface area contributed by atoms with Crippen molar-refractivity contribution in [1.29, 1.82) is 0 Å². The van der Waals surface area contributed by atoms with Gasteiger partial charge in [0.15, 0.2) is 0 Å². The normalized spacial score (nSPS) is 36.4. The van der Waals surface area contributed by atoms with Crippen LogP contribution < -0.4 is 5.32 Å². The van der Waals surface area contributed by atoms with Gasteiger partial charge in [-0.2, -0.15) is 0 Å². The molecule has 1 aliphatic carbocycles. The first kappa shape index (κ1) is 11.9. The molecule has 2 saturated heterocycles. The van der Waals surface area contributed by atoms with Crippen molar-refractivity contribution < 1.29 is 0 Å². The second-order valence-corrected chi connectivity index (χ2v) is 6.85. The summed E-state index contributed by atoms with van der Waals surface area (Å²) in [6, 6.07) is 0.847. The van der Waals surface area contributed by atoms with Gasteiger partial charge in [-0.3, -0.25) is 0 Å². The monoisotopic (exact) mass is 237 g/mol. The maximum Gasteiger partial charge on any atom is 0.00722 e. The van der Waals surface area contributed by atoms with Crippen molar-refractivity contribution in [2.24, 2.45) is 17.8 Å². The van der Waals surface area contributed by atoms with E-state index in [-0.39, 0.29) is 0 Å². The van der Waals surface area contributed by atoms with E-state index in [4.69, 9.17) is 0 Å². The molecule has 98 valence electrons. The highest BCUT2D eigenvalue weighted by molar-refractivity contribution is 4.89. The van der Waals surface area contributed by atoms with Gasteiger partial charge in [-0.05, 0) is 37.6 Å². The Morgan fingerprint density at radius 1 is 1.06 bits per heavy atom. The van der Waals surface area contributed by atoms with Crippen LogP contribution >= 0.6 is 0 Å². The highest BCUT2D eigenvalue weighted by Crippen LogP contribution is 2.27. The van der Waals surface area contributed by atoms with Gasteiger partial charge in [0, 0.05) is 45.3 Å². The fourth-order valence-corrected chi connectivity index (χ4v) is 3.67. The average molecular weight is 237 g/mol. The van der Waals surface area contributed by atoms with E-state index in [2.05, 4.69) is 29.1 Å². The summed E-state index contributed by atoms with van der Waals surface area (Å²) in [5, 5.41) is 3.73. The van der Waals surface area contributed by atoms with Crippen LogP contribution in [0.1, 0.15) is 19.8 Å². The molecule has 1 saturated carbocycles. The van der Waals surface area contributed by atoms with Crippen molar-refractivity contribution in [1.82, 2.24) is 15.1 Å². The quantitative estimate of drug-likeness (QED) is 0.765. The van der Waals surface area contributed by atoms with Gasteiger partial charge >= 0.3 is 0 Å². The molecule has 0 spiro atoms. The predicted octanol–water partition coefficient (Wildman–Crippen LogP) is 0.868. The smallest absolute Gasteiger partial charge is 0.00722 e. The number of hydrogen-bond donors (Lipinski definition) is 1. The van der Waals surface area contributed by atoms with Crippen LogP contribution in [0.3, 0.4) is 0 Å². The van der Waals surface area contributed by atoms with Crippen molar-refractivity contribution in [2.75, 3.05) is 46.3 Å². The highest BCUT2D eigenvalue weighted by atomic mass is 15.2. The Hall–Kier alpha value is -0.120. The summed E-state index contributed by atoms with van der Waals surface area (Å²) in [7, 11) is 2.22. The van der Waals surface area contributed by atoms with Gasteiger partial charge < -0.3 is 15.1 Å². The largest absolute Gasteiger partial charge is 0.314 e. The van der Waals surface area contributed by atoms with Crippen LogP contribution in [0.5, 0.6) is 0 Å². The molecule has 0 radical (unpaired) electrons. The lowest BCUT2D eigenvalue weighted by atomic mass is 9.81. The van der Waals surface area contributed by atoms with Gasteiger partial charge in [0.25, 0.3) is 0 Å². The maximum absolute atomic E-state index is 3.73. The van der Waals surface area contributed by atoms with E-state index in [1.165, 1.54) is 52.1 Å². The summed E-state index contributed by atoms with van der Waals surface area (Å²) < 4.78 is 0. The molecule has 3 nitrogen and oxygen atoms in total. The number of likely N-dealkylation sites (tertiary alicyclic amines) is 2. The number of nitrogens with zero attached hydrogens (tertiary/aromatic N) is 2. The number of nitrogens with one attached hydrogen (secondary N) is 1. The van der Waals surface area contributed by atoms with Crippen LogP contribution in [-0.4, -0.2) is 62.2 Å². The summed E-state index contributed by atoms with van der Waals surface area (Å²) >= 11 is 0.